The van der Waals surface area contributed by atoms with Gasteiger partial charge in [-0.05, 0) is 0 Å². The Hall–Kier alpha value is 0.0383. The molecule has 0 radical (unpaired) electrons. The fourth-order valence-corrected chi connectivity index (χ4v) is 0.274. The quantitative estimate of drug-likeness (QED) is 0.636. The average molecular weight is 329 g/mol. The van der Waals surface area contributed by atoms with E-state index >= 15 is 0 Å². The van der Waals surface area contributed by atoms with Crippen LogP contribution in [0.1, 0.15) is 0 Å². The van der Waals surface area contributed by atoms with Gasteiger partial charge in [-0.15, -0.1) is 0 Å². The van der Waals surface area contributed by atoms with Gasteiger partial charge in [0.25, 0.3) is 0 Å². The molecular weight excluding hydrogens is 319 g/mol. The molecule has 0 saturated carbocycles. The van der Waals surface area contributed by atoms with Crippen molar-refractivity contribution in [2.75, 3.05) is 20.7 Å². The number of rotatable bonds is 4. The molecule has 6 heteroatoms. The van der Waals surface area contributed by atoms with Crippen LogP contribution in [0.25, 0.3) is 0 Å². The Bertz CT molecular complexity index is 90.6. The molecular formula is C4H10N2O3Pt. The summed E-state index contributed by atoms with van der Waals surface area (Å²) in [7, 11) is 3.06. The zero-order valence-corrected chi connectivity index (χ0v) is 8.02. The summed E-state index contributed by atoms with van der Waals surface area (Å²) >= 11 is 0. The van der Waals surface area contributed by atoms with Crippen LogP contribution in [0, 0.1) is 0 Å². The van der Waals surface area contributed by atoms with Gasteiger partial charge in [-0.3, -0.25) is 4.84 Å². The summed E-state index contributed by atoms with van der Waals surface area (Å²) in [6.45, 7) is -0.0999. The van der Waals surface area contributed by atoms with E-state index in [4.69, 9.17) is 0 Å². The van der Waals surface area contributed by atoms with Crippen LogP contribution in [-0.2, 0) is 35.5 Å². The molecule has 0 aromatic heterocycles. The third-order valence-electron chi connectivity index (χ3n) is 0.550. The first-order chi connectivity index (χ1) is 4.31. The van der Waals surface area contributed by atoms with Gasteiger partial charge >= 0.3 is 5.97 Å². The molecule has 0 heterocycles. The van der Waals surface area contributed by atoms with Crippen LogP contribution in [0.15, 0.2) is 0 Å². The molecule has 0 aliphatic heterocycles. The van der Waals surface area contributed by atoms with Gasteiger partial charge < -0.3 is 4.84 Å². The van der Waals surface area contributed by atoms with Gasteiger partial charge in [-0.2, -0.15) is 5.48 Å². The second-order valence-corrected chi connectivity index (χ2v) is 1.17. The van der Waals surface area contributed by atoms with Gasteiger partial charge in [0.2, 0.25) is 0 Å². The van der Waals surface area contributed by atoms with Crippen LogP contribution >= 0.6 is 0 Å². The summed E-state index contributed by atoms with van der Waals surface area (Å²) < 4.78 is 0. The smallest absolute Gasteiger partial charge is 0.352 e. The van der Waals surface area contributed by atoms with E-state index in [-0.39, 0.29) is 27.7 Å². The molecule has 0 aliphatic carbocycles. The van der Waals surface area contributed by atoms with Crippen molar-refractivity contribution in [3.05, 3.63) is 0 Å². The molecule has 0 aromatic rings. The number of nitrogens with one attached hydrogen (secondary N) is 2. The fraction of sp³-hybridized carbons (Fsp3) is 0.750. The second-order valence-electron chi connectivity index (χ2n) is 1.17. The largest absolute Gasteiger partial charge is 0.369 e. The SMILES string of the molecule is CNOCC(=O)ONC.[Pt]. The first kappa shape index (κ1) is 12.7. The van der Waals surface area contributed by atoms with Crippen LogP contribution in [0.3, 0.4) is 0 Å². The van der Waals surface area contributed by atoms with Crippen molar-refractivity contribution < 1.29 is 35.5 Å². The van der Waals surface area contributed by atoms with Crippen molar-refractivity contribution in [2.45, 2.75) is 0 Å². The van der Waals surface area contributed by atoms with Gasteiger partial charge in [0.1, 0.15) is 0 Å². The van der Waals surface area contributed by atoms with E-state index < -0.39 is 5.97 Å². The van der Waals surface area contributed by atoms with E-state index in [1.165, 1.54) is 7.05 Å². The van der Waals surface area contributed by atoms with Crippen molar-refractivity contribution in [3.63, 3.8) is 0 Å². The van der Waals surface area contributed by atoms with E-state index in [2.05, 4.69) is 20.6 Å². The van der Waals surface area contributed by atoms with Gasteiger partial charge in [0.05, 0.1) is 0 Å². The minimum atomic E-state index is -0.466. The number of hydroxylamine groups is 2. The zero-order chi connectivity index (χ0) is 7.11. The Balaban J connectivity index is 0. The minimum Gasteiger partial charge on any atom is -0.369 e. The maximum atomic E-state index is 10.4. The summed E-state index contributed by atoms with van der Waals surface area (Å²) in [5.41, 5.74) is 4.55. The van der Waals surface area contributed by atoms with Crippen molar-refractivity contribution in [1.82, 2.24) is 11.0 Å². The summed E-state index contributed by atoms with van der Waals surface area (Å²) in [6.07, 6.45) is 0. The van der Waals surface area contributed by atoms with Gasteiger partial charge in [0.15, 0.2) is 6.61 Å². The maximum Gasteiger partial charge on any atom is 0.352 e. The Morgan fingerprint density at radius 1 is 1.40 bits per heavy atom. The molecule has 0 rings (SSSR count). The minimum absolute atomic E-state index is 0. The molecule has 0 atom stereocenters. The van der Waals surface area contributed by atoms with Crippen LogP contribution in [0.2, 0.25) is 0 Å². The fourth-order valence-electron chi connectivity index (χ4n) is 0.274. The van der Waals surface area contributed by atoms with Crippen molar-refractivity contribution in [2.24, 2.45) is 0 Å². The van der Waals surface area contributed by atoms with Crippen LogP contribution in [-0.4, -0.2) is 26.7 Å². The monoisotopic (exact) mass is 329 g/mol. The topological polar surface area (TPSA) is 59.6 Å². The first-order valence-corrected chi connectivity index (χ1v) is 2.46. The van der Waals surface area contributed by atoms with E-state index in [0.29, 0.717) is 0 Å². The van der Waals surface area contributed by atoms with E-state index in [1.807, 2.05) is 0 Å². The normalized spacial score (nSPS) is 8.20. The first-order valence-electron chi connectivity index (χ1n) is 2.46. The summed E-state index contributed by atoms with van der Waals surface area (Å²) in [6, 6.07) is 0. The molecule has 5 nitrogen and oxygen atoms in total. The van der Waals surface area contributed by atoms with E-state index in [1.54, 1.807) is 7.05 Å². The summed E-state index contributed by atoms with van der Waals surface area (Å²) in [5.74, 6) is -0.466. The third-order valence-corrected chi connectivity index (χ3v) is 0.550. The summed E-state index contributed by atoms with van der Waals surface area (Å²) in [5, 5.41) is 0. The Labute approximate surface area is 73.6 Å². The Kier molecular flexibility index (Phi) is 11.5. The van der Waals surface area contributed by atoms with Crippen LogP contribution in [0.5, 0.6) is 0 Å². The van der Waals surface area contributed by atoms with Gasteiger partial charge in [-0.1, -0.05) is 0 Å². The van der Waals surface area contributed by atoms with E-state index in [0.717, 1.165) is 0 Å². The second kappa shape index (κ2) is 9.04. The predicted octanol–water partition coefficient (Wildman–Crippen LogP) is -1.19. The Morgan fingerprint density at radius 2 is 2.00 bits per heavy atom. The van der Waals surface area contributed by atoms with Gasteiger partial charge in [0, 0.05) is 35.2 Å². The standard InChI is InChI=1S/C4H10N2O3.Pt/c1-5-8-3-4(7)9-6-2;/h5-6H,3H2,1-2H3;. The average Bonchev–Trinajstić information content (AvgIpc) is 1.85. The van der Waals surface area contributed by atoms with Crippen molar-refractivity contribution in [3.8, 4) is 0 Å². The predicted molar refractivity (Wildman–Crippen MR) is 30.2 cm³/mol. The molecule has 0 bridgehead atoms. The molecule has 2 N–H and O–H groups in total. The third kappa shape index (κ3) is 8.04. The zero-order valence-electron chi connectivity index (χ0n) is 5.75. The number of hydrogen-bond acceptors (Lipinski definition) is 5. The molecule has 0 aromatic carbocycles. The number of carbonyl (C=O) groups excluding carboxylic acids is 1. The van der Waals surface area contributed by atoms with Gasteiger partial charge in [-0.25, -0.2) is 10.3 Å². The molecule has 0 unspecified atom stereocenters. The molecule has 10 heavy (non-hydrogen) atoms. The van der Waals surface area contributed by atoms with E-state index in [9.17, 15) is 4.79 Å². The summed E-state index contributed by atoms with van der Waals surface area (Å²) in [4.78, 5) is 19.1. The number of hydrogen-bond donors (Lipinski definition) is 2. The molecule has 64 valence electrons. The molecule has 0 fully saturated rings. The molecule has 0 amide bonds. The number of carbonyl (C=O) groups is 1. The van der Waals surface area contributed by atoms with Crippen molar-refractivity contribution >= 4 is 5.97 Å². The van der Waals surface area contributed by atoms with Crippen LogP contribution < -0.4 is 11.0 Å². The maximum absolute atomic E-state index is 10.4. The Morgan fingerprint density at radius 3 is 2.40 bits per heavy atom. The van der Waals surface area contributed by atoms with Crippen LogP contribution in [0.4, 0.5) is 0 Å². The molecule has 0 saturated heterocycles. The molecule has 0 aliphatic rings. The molecule has 0 spiro atoms. The van der Waals surface area contributed by atoms with Crippen molar-refractivity contribution in [1.29, 1.82) is 0 Å².